The van der Waals surface area contributed by atoms with Crippen LogP contribution in [0.5, 0.6) is 0 Å². The Labute approximate surface area is 155 Å². The Morgan fingerprint density at radius 3 is 2.37 bits per heavy atom. The van der Waals surface area contributed by atoms with E-state index >= 15 is 0 Å². The van der Waals surface area contributed by atoms with E-state index in [1.54, 1.807) is 13.0 Å². The molecule has 8 nitrogen and oxygen atoms in total. The van der Waals surface area contributed by atoms with E-state index in [1.165, 1.54) is 27.6 Å². The lowest BCUT2D eigenvalue weighted by Gasteiger charge is -2.09. The summed E-state index contributed by atoms with van der Waals surface area (Å²) >= 11 is 0. The third-order valence-electron chi connectivity index (χ3n) is 3.94. The number of nitrogens with one attached hydrogen (secondary N) is 1. The molecule has 3 aromatic rings. The van der Waals surface area contributed by atoms with Gasteiger partial charge in [0, 0.05) is 30.8 Å². The minimum Gasteiger partial charge on any atom is -0.349 e. The van der Waals surface area contributed by atoms with Gasteiger partial charge < -0.3 is 5.32 Å². The normalized spacial score (nSPS) is 10.6. The third-order valence-corrected chi connectivity index (χ3v) is 3.94. The highest BCUT2D eigenvalue weighted by atomic mass is 16.2. The molecular weight excluding hydrogens is 346 g/mol. The smallest absolute Gasteiger partial charge is 0.271 e. The molecule has 138 valence electrons. The van der Waals surface area contributed by atoms with Gasteiger partial charge in [-0.25, -0.2) is 9.36 Å². The maximum Gasteiger partial charge on any atom is 0.271 e. The number of hydrogen-bond acceptors (Lipinski definition) is 5. The number of rotatable bonds is 6. The first-order valence-electron chi connectivity index (χ1n) is 8.58. The standard InChI is InChI=1S/C19H19N5O3/c1-2-23-17(25)11-9-16(22-23)19(27)20-12-13-24-18(26)10-8-15(21-24)14-6-4-3-5-7-14/h3-11H,2,12-13H2,1H3,(H,20,27). The second-order valence-corrected chi connectivity index (χ2v) is 5.77. The molecule has 0 aliphatic heterocycles. The fourth-order valence-corrected chi connectivity index (χ4v) is 2.53. The quantitative estimate of drug-likeness (QED) is 0.700. The zero-order chi connectivity index (χ0) is 19.2. The number of carbonyl (C=O) groups excluding carboxylic acids is 1. The van der Waals surface area contributed by atoms with Gasteiger partial charge in [0.05, 0.1) is 12.2 Å². The lowest BCUT2D eigenvalue weighted by Crippen LogP contribution is -2.33. The Kier molecular flexibility index (Phi) is 5.55. The molecule has 8 heteroatoms. The molecule has 0 bridgehead atoms. The number of benzene rings is 1. The highest BCUT2D eigenvalue weighted by Gasteiger charge is 2.09. The summed E-state index contributed by atoms with van der Waals surface area (Å²) in [6.45, 7) is 2.58. The molecule has 0 aliphatic rings. The first kappa shape index (κ1) is 18.2. The minimum atomic E-state index is -0.413. The van der Waals surface area contributed by atoms with Crippen molar-refractivity contribution in [1.29, 1.82) is 0 Å². The van der Waals surface area contributed by atoms with Crippen LogP contribution in [0.2, 0.25) is 0 Å². The molecule has 0 unspecified atom stereocenters. The molecule has 0 fully saturated rings. The van der Waals surface area contributed by atoms with Crippen LogP contribution in [0.4, 0.5) is 0 Å². The summed E-state index contributed by atoms with van der Waals surface area (Å²) in [4.78, 5) is 35.7. The van der Waals surface area contributed by atoms with Gasteiger partial charge in [0.2, 0.25) is 0 Å². The number of nitrogens with zero attached hydrogens (tertiary/aromatic N) is 4. The van der Waals surface area contributed by atoms with Crippen LogP contribution in [0.15, 0.2) is 64.2 Å². The van der Waals surface area contributed by atoms with Crippen molar-refractivity contribution in [2.75, 3.05) is 6.54 Å². The van der Waals surface area contributed by atoms with Crippen molar-refractivity contribution in [3.63, 3.8) is 0 Å². The van der Waals surface area contributed by atoms with Crippen molar-refractivity contribution in [1.82, 2.24) is 24.9 Å². The van der Waals surface area contributed by atoms with E-state index < -0.39 is 5.91 Å². The first-order valence-corrected chi connectivity index (χ1v) is 8.58. The summed E-state index contributed by atoms with van der Waals surface area (Å²) < 4.78 is 2.52. The van der Waals surface area contributed by atoms with Gasteiger partial charge in [0.25, 0.3) is 17.0 Å². The second-order valence-electron chi connectivity index (χ2n) is 5.77. The van der Waals surface area contributed by atoms with Crippen molar-refractivity contribution in [2.24, 2.45) is 0 Å². The Morgan fingerprint density at radius 1 is 0.926 bits per heavy atom. The van der Waals surface area contributed by atoms with Crippen molar-refractivity contribution in [3.8, 4) is 11.3 Å². The molecule has 0 saturated heterocycles. The molecule has 1 aromatic carbocycles. The van der Waals surface area contributed by atoms with Crippen LogP contribution in [0.1, 0.15) is 17.4 Å². The molecule has 0 spiro atoms. The maximum atomic E-state index is 12.2. The minimum absolute atomic E-state index is 0.148. The van der Waals surface area contributed by atoms with Crippen molar-refractivity contribution >= 4 is 5.91 Å². The van der Waals surface area contributed by atoms with Gasteiger partial charge in [-0.15, -0.1) is 0 Å². The molecule has 0 aliphatic carbocycles. The SMILES string of the molecule is CCn1nc(C(=O)NCCn2nc(-c3ccccc3)ccc2=O)ccc1=O. The number of hydrogen-bond donors (Lipinski definition) is 1. The molecule has 27 heavy (non-hydrogen) atoms. The van der Waals surface area contributed by atoms with Crippen LogP contribution in [0.3, 0.4) is 0 Å². The van der Waals surface area contributed by atoms with E-state index in [2.05, 4.69) is 15.5 Å². The Hall–Kier alpha value is -3.55. The largest absolute Gasteiger partial charge is 0.349 e. The summed E-state index contributed by atoms with van der Waals surface area (Å²) in [6, 6.07) is 15.3. The summed E-state index contributed by atoms with van der Waals surface area (Å²) in [5.74, 6) is -0.413. The van der Waals surface area contributed by atoms with Crippen molar-refractivity contribution < 1.29 is 4.79 Å². The van der Waals surface area contributed by atoms with Crippen LogP contribution < -0.4 is 16.4 Å². The summed E-state index contributed by atoms with van der Waals surface area (Å²) in [5, 5.41) is 11.0. The molecule has 2 aromatic heterocycles. The van der Waals surface area contributed by atoms with E-state index in [0.29, 0.717) is 12.2 Å². The maximum absolute atomic E-state index is 12.2. The number of amides is 1. The number of aryl methyl sites for hydroxylation is 1. The third kappa shape index (κ3) is 4.35. The van der Waals surface area contributed by atoms with E-state index in [4.69, 9.17) is 0 Å². The summed E-state index contributed by atoms with van der Waals surface area (Å²) in [7, 11) is 0. The zero-order valence-electron chi connectivity index (χ0n) is 14.8. The molecule has 0 atom stereocenters. The highest BCUT2D eigenvalue weighted by molar-refractivity contribution is 5.91. The Balaban J connectivity index is 1.67. The van der Waals surface area contributed by atoms with Crippen LogP contribution in [0.25, 0.3) is 11.3 Å². The van der Waals surface area contributed by atoms with Crippen LogP contribution in [-0.2, 0) is 13.1 Å². The monoisotopic (exact) mass is 365 g/mol. The van der Waals surface area contributed by atoms with Crippen molar-refractivity contribution in [3.05, 3.63) is 81.0 Å². The molecule has 3 rings (SSSR count). The fraction of sp³-hybridized carbons (Fsp3) is 0.211. The van der Waals surface area contributed by atoms with E-state index in [-0.39, 0.29) is 29.9 Å². The van der Waals surface area contributed by atoms with Gasteiger partial charge in [0.15, 0.2) is 0 Å². The predicted octanol–water partition coefficient (Wildman–Crippen LogP) is 0.917. The summed E-state index contributed by atoms with van der Waals surface area (Å²) in [5.41, 5.74) is 1.22. The van der Waals surface area contributed by atoms with Gasteiger partial charge in [-0.05, 0) is 19.1 Å². The highest BCUT2D eigenvalue weighted by Crippen LogP contribution is 2.13. The lowest BCUT2D eigenvalue weighted by molar-refractivity contribution is 0.0944. The van der Waals surface area contributed by atoms with Gasteiger partial charge in [0.1, 0.15) is 5.69 Å². The topological polar surface area (TPSA) is 98.9 Å². The molecule has 2 heterocycles. The lowest BCUT2D eigenvalue weighted by atomic mass is 10.1. The fourth-order valence-electron chi connectivity index (χ4n) is 2.53. The molecular formula is C19H19N5O3. The van der Waals surface area contributed by atoms with Crippen molar-refractivity contribution in [2.45, 2.75) is 20.0 Å². The van der Waals surface area contributed by atoms with Gasteiger partial charge >= 0.3 is 0 Å². The van der Waals surface area contributed by atoms with Gasteiger partial charge in [-0.3, -0.25) is 14.4 Å². The zero-order valence-corrected chi connectivity index (χ0v) is 14.8. The van der Waals surface area contributed by atoms with E-state index in [0.717, 1.165) is 5.56 Å². The molecule has 0 saturated carbocycles. The summed E-state index contributed by atoms with van der Waals surface area (Å²) in [6.07, 6.45) is 0. The average molecular weight is 365 g/mol. The second kappa shape index (κ2) is 8.22. The molecule has 1 amide bonds. The predicted molar refractivity (Wildman–Crippen MR) is 100 cm³/mol. The number of carbonyl (C=O) groups is 1. The van der Waals surface area contributed by atoms with Gasteiger partial charge in [-0.1, -0.05) is 30.3 Å². The van der Waals surface area contributed by atoms with Crippen LogP contribution in [-0.4, -0.2) is 32.0 Å². The Bertz CT molecular complexity index is 1060. The average Bonchev–Trinajstić information content (AvgIpc) is 2.70. The van der Waals surface area contributed by atoms with Crippen LogP contribution >= 0.6 is 0 Å². The van der Waals surface area contributed by atoms with Gasteiger partial charge in [-0.2, -0.15) is 10.2 Å². The first-order chi connectivity index (χ1) is 13.1. The molecule has 1 N–H and O–H groups in total. The Morgan fingerprint density at radius 2 is 1.63 bits per heavy atom. The van der Waals surface area contributed by atoms with E-state index in [9.17, 15) is 14.4 Å². The molecule has 0 radical (unpaired) electrons. The number of aromatic nitrogens is 4. The van der Waals surface area contributed by atoms with Crippen LogP contribution in [0, 0.1) is 0 Å². The van der Waals surface area contributed by atoms with E-state index in [1.807, 2.05) is 30.3 Å².